The van der Waals surface area contributed by atoms with Crippen LogP contribution in [-0.4, -0.2) is 19.1 Å². The standard InChI is InChI=1S/C84H42N12/c1-89-66-34-53(49-87)32-63(36-66)58-21-26-80-73(41-58)72-40-57(62-30-51(47-85)29-52(31-62)48-86)20-25-79(72)95(80)78-18-12-11-17-70(78)71-24-19-61(84-93-76(55-13-7-5-8-14-55)46-77(94-84)56-15-9-6-10-16-56)44-83(71)96-81-27-22-59(64-33-54(50-88)35-67(37-64)90-2)42-74(81)75-43-60(23-28-82(75)96)65-38-68(91-3)45-69(39-65)92-4/h5-46H. The molecule has 0 saturated carbocycles. The average Bonchev–Trinajstić information content (AvgIpc) is 1.56. The van der Waals surface area contributed by atoms with Crippen molar-refractivity contribution >= 4 is 66.4 Å². The van der Waals surface area contributed by atoms with E-state index in [1.807, 2.05) is 103 Å². The lowest BCUT2D eigenvalue weighted by Gasteiger charge is -2.20. The Balaban J connectivity index is 1.03. The summed E-state index contributed by atoms with van der Waals surface area (Å²) < 4.78 is 4.50. The van der Waals surface area contributed by atoms with Crippen molar-refractivity contribution in [3.05, 3.63) is 323 Å². The van der Waals surface area contributed by atoms with Crippen LogP contribution in [0.3, 0.4) is 0 Å². The summed E-state index contributed by atoms with van der Waals surface area (Å²) in [6.07, 6.45) is 0. The number of nitrogens with zero attached hydrogens (tertiary/aromatic N) is 12. The molecule has 12 nitrogen and oxygen atoms in total. The molecule has 0 amide bonds. The summed E-state index contributed by atoms with van der Waals surface area (Å²) >= 11 is 0. The van der Waals surface area contributed by atoms with E-state index >= 15 is 0 Å². The highest BCUT2D eigenvalue weighted by atomic mass is 15.0. The second-order valence-electron chi connectivity index (χ2n) is 23.0. The lowest BCUT2D eigenvalue weighted by molar-refractivity contribution is 1.15. The van der Waals surface area contributed by atoms with E-state index in [1.54, 1.807) is 72.8 Å². The van der Waals surface area contributed by atoms with Gasteiger partial charge in [-0.1, -0.05) is 133 Å². The fourth-order valence-corrected chi connectivity index (χ4v) is 13.0. The van der Waals surface area contributed by atoms with E-state index in [0.717, 1.165) is 116 Å². The maximum atomic E-state index is 10.2. The Morgan fingerprint density at radius 2 is 0.615 bits per heavy atom. The third kappa shape index (κ3) is 10.3. The molecule has 0 N–H and O–H groups in total. The molecule has 0 atom stereocenters. The molecule has 0 aliphatic rings. The molecule has 0 aliphatic heterocycles. The highest BCUT2D eigenvalue weighted by Crippen LogP contribution is 2.46. The SMILES string of the molecule is [C-]#[N+]c1cc(C#N)cc(-c2ccc3c(c2)c2cc(-c4cc(C#N)cc(C#N)c4)ccc2n3-c2ccccc2-c2ccc(-c3nc(-c4ccccc4)cc(-c4ccccc4)n3)cc2-n2c3ccc(-c4cc(C#N)cc([N+]#[C-])c4)cc3c3cc(-c4cc([N+]#[C-])cc([N+]#[C-])c4)ccc32)c1. The molecule has 0 aliphatic carbocycles. The Bertz CT molecular complexity index is 5740. The van der Waals surface area contributed by atoms with Crippen LogP contribution in [0.1, 0.15) is 22.3 Å². The third-order valence-corrected chi connectivity index (χ3v) is 17.4. The predicted molar refractivity (Wildman–Crippen MR) is 378 cm³/mol. The molecule has 15 rings (SSSR count). The summed E-state index contributed by atoms with van der Waals surface area (Å²) in [4.78, 5) is 25.6. The van der Waals surface area contributed by atoms with Crippen LogP contribution in [0.5, 0.6) is 0 Å². The minimum Gasteiger partial charge on any atom is -0.309 e. The number of para-hydroxylation sites is 1. The Kier molecular flexibility index (Phi) is 14.3. The van der Waals surface area contributed by atoms with E-state index < -0.39 is 0 Å². The molecule has 96 heavy (non-hydrogen) atoms. The number of benzene rings is 12. The Hall–Kier alpha value is -14.8. The van der Waals surface area contributed by atoms with Crippen LogP contribution in [0, 0.1) is 71.6 Å². The van der Waals surface area contributed by atoms with E-state index in [4.69, 9.17) is 36.3 Å². The van der Waals surface area contributed by atoms with E-state index in [1.165, 1.54) is 0 Å². The van der Waals surface area contributed by atoms with Gasteiger partial charge in [-0.3, -0.25) is 0 Å². The first-order chi connectivity index (χ1) is 47.1. The van der Waals surface area contributed by atoms with E-state index in [0.29, 0.717) is 73.1 Å². The van der Waals surface area contributed by atoms with Crippen molar-refractivity contribution in [2.24, 2.45) is 0 Å². The molecule has 0 bridgehead atoms. The van der Waals surface area contributed by atoms with Crippen molar-refractivity contribution in [3.8, 4) is 125 Å². The summed E-state index contributed by atoms with van der Waals surface area (Å²) in [6.45, 7) is 31.8. The summed E-state index contributed by atoms with van der Waals surface area (Å²) in [5.41, 5.74) is 19.4. The van der Waals surface area contributed by atoms with Crippen molar-refractivity contribution in [2.75, 3.05) is 0 Å². The zero-order chi connectivity index (χ0) is 65.6. The average molecular weight is 1220 g/mol. The molecule has 0 radical (unpaired) electrons. The minimum atomic E-state index is 0.336. The van der Waals surface area contributed by atoms with Crippen molar-refractivity contribution in [3.63, 3.8) is 0 Å². The van der Waals surface area contributed by atoms with Crippen LogP contribution in [0.2, 0.25) is 0 Å². The molecule has 0 spiro atoms. The van der Waals surface area contributed by atoms with Crippen LogP contribution >= 0.6 is 0 Å². The fourth-order valence-electron chi connectivity index (χ4n) is 13.0. The molecule has 0 fully saturated rings. The normalized spacial score (nSPS) is 10.8. The first-order valence-corrected chi connectivity index (χ1v) is 30.3. The van der Waals surface area contributed by atoms with Gasteiger partial charge in [-0.05, 0) is 166 Å². The maximum Gasteiger partial charge on any atom is 0.189 e. The topological polar surface area (TPSA) is 148 Å². The first-order valence-electron chi connectivity index (χ1n) is 30.3. The van der Waals surface area contributed by atoms with Gasteiger partial charge in [-0.2, -0.15) is 21.0 Å². The predicted octanol–water partition coefficient (Wildman–Crippen LogP) is 21.7. The monoisotopic (exact) mass is 1220 g/mol. The van der Waals surface area contributed by atoms with Gasteiger partial charge >= 0.3 is 0 Å². The second-order valence-corrected chi connectivity index (χ2v) is 23.0. The summed E-state index contributed by atoms with van der Waals surface area (Å²) in [6, 6.07) is 90.9. The van der Waals surface area contributed by atoms with Crippen molar-refractivity contribution < 1.29 is 0 Å². The zero-order valence-corrected chi connectivity index (χ0v) is 50.6. The molecule has 0 unspecified atom stereocenters. The maximum absolute atomic E-state index is 10.2. The Labute approximate surface area is 551 Å². The van der Waals surface area contributed by atoms with Crippen LogP contribution in [-0.2, 0) is 0 Å². The number of fused-ring (bicyclic) bond motifs is 6. The second kappa shape index (κ2) is 23.9. The summed E-state index contributed by atoms with van der Waals surface area (Å²) in [5, 5.41) is 43.9. The molecule has 12 aromatic carbocycles. The molecule has 3 heterocycles. The van der Waals surface area contributed by atoms with Gasteiger partial charge in [0.2, 0.25) is 0 Å². The molecular weight excluding hydrogens is 1180 g/mol. The molecular formula is C84H42N12. The molecule has 3 aromatic heterocycles. The van der Waals surface area contributed by atoms with E-state index in [2.05, 4.69) is 132 Å². The highest BCUT2D eigenvalue weighted by Gasteiger charge is 2.24. The van der Waals surface area contributed by atoms with E-state index in [-0.39, 0.29) is 0 Å². The van der Waals surface area contributed by atoms with Crippen LogP contribution < -0.4 is 0 Å². The molecule has 0 saturated heterocycles. The molecule has 15 aromatic rings. The van der Waals surface area contributed by atoms with Gasteiger partial charge in [-0.25, -0.2) is 29.3 Å². The number of hydrogen-bond donors (Lipinski definition) is 0. The third-order valence-electron chi connectivity index (χ3n) is 17.4. The van der Waals surface area contributed by atoms with Gasteiger partial charge in [0.15, 0.2) is 28.6 Å². The van der Waals surface area contributed by atoms with Crippen molar-refractivity contribution in [2.45, 2.75) is 0 Å². The van der Waals surface area contributed by atoms with Gasteiger partial charge < -0.3 is 9.13 Å². The zero-order valence-electron chi connectivity index (χ0n) is 50.6. The number of aromatic nitrogens is 4. The van der Waals surface area contributed by atoms with Crippen LogP contribution in [0.4, 0.5) is 22.7 Å². The number of rotatable bonds is 10. The van der Waals surface area contributed by atoms with Crippen molar-refractivity contribution in [1.82, 2.24) is 19.1 Å². The highest BCUT2D eigenvalue weighted by molar-refractivity contribution is 6.14. The van der Waals surface area contributed by atoms with Crippen LogP contribution in [0.15, 0.2) is 255 Å². The van der Waals surface area contributed by atoms with Crippen molar-refractivity contribution in [1.29, 1.82) is 21.0 Å². The smallest absolute Gasteiger partial charge is 0.189 e. The Morgan fingerprint density at radius 1 is 0.271 bits per heavy atom. The van der Waals surface area contributed by atoms with Gasteiger partial charge in [0, 0.05) is 60.5 Å². The summed E-state index contributed by atoms with van der Waals surface area (Å²) in [7, 11) is 0. The van der Waals surface area contributed by atoms with Gasteiger partial charge in [0.25, 0.3) is 0 Å². The quantitative estimate of drug-likeness (QED) is 0.125. The lowest BCUT2D eigenvalue weighted by atomic mass is 9.97. The number of hydrogen-bond acceptors (Lipinski definition) is 6. The molecule has 438 valence electrons. The van der Waals surface area contributed by atoms with E-state index in [9.17, 15) is 21.0 Å². The van der Waals surface area contributed by atoms with Crippen LogP contribution in [0.25, 0.3) is 164 Å². The summed E-state index contributed by atoms with van der Waals surface area (Å²) in [5.74, 6) is 0.491. The minimum absolute atomic E-state index is 0.336. The lowest BCUT2D eigenvalue weighted by Crippen LogP contribution is -2.03. The van der Waals surface area contributed by atoms with Gasteiger partial charge in [0.1, 0.15) is 0 Å². The molecule has 12 heteroatoms. The first kappa shape index (κ1) is 57.7. The fraction of sp³-hybridized carbons (Fsp3) is 0. The Morgan fingerprint density at radius 3 is 1.03 bits per heavy atom. The largest absolute Gasteiger partial charge is 0.309 e. The van der Waals surface area contributed by atoms with Gasteiger partial charge in [-0.15, -0.1) is 0 Å². The van der Waals surface area contributed by atoms with Gasteiger partial charge in [0.05, 0.1) is 107 Å². The number of nitriles is 4.